The topological polar surface area (TPSA) is 45.1 Å². The Morgan fingerprint density at radius 2 is 2.20 bits per heavy atom. The predicted octanol–water partition coefficient (Wildman–Crippen LogP) is 2.10. The number of aromatic nitrogens is 1. The highest BCUT2D eigenvalue weighted by atomic mass is 32.1. The van der Waals surface area contributed by atoms with Gasteiger partial charge in [-0.3, -0.25) is 4.98 Å². The van der Waals surface area contributed by atoms with Crippen molar-refractivity contribution in [3.63, 3.8) is 0 Å². The highest BCUT2D eigenvalue weighted by molar-refractivity contribution is 7.09. The zero-order valence-corrected chi connectivity index (χ0v) is 9.83. The summed E-state index contributed by atoms with van der Waals surface area (Å²) >= 11 is 1.70. The van der Waals surface area contributed by atoms with E-state index in [2.05, 4.69) is 17.2 Å². The molecule has 1 heterocycles. The molecule has 1 fully saturated rings. The van der Waals surface area contributed by atoms with Crippen molar-refractivity contribution in [2.24, 2.45) is 0 Å². The van der Waals surface area contributed by atoms with Gasteiger partial charge in [0.25, 0.3) is 0 Å². The van der Waals surface area contributed by atoms with Gasteiger partial charge >= 0.3 is 0 Å². The van der Waals surface area contributed by atoms with Crippen LogP contribution in [-0.4, -0.2) is 22.2 Å². The van der Waals surface area contributed by atoms with Gasteiger partial charge in [0.15, 0.2) is 0 Å². The molecule has 0 spiro atoms. The normalized spacial score (nSPS) is 28.9. The Morgan fingerprint density at radius 1 is 1.47 bits per heavy atom. The van der Waals surface area contributed by atoms with Crippen LogP contribution in [0.1, 0.15) is 43.5 Å². The number of nitrogens with zero attached hydrogens (tertiary/aromatic N) is 1. The summed E-state index contributed by atoms with van der Waals surface area (Å²) in [6, 6.07) is 0.947. The molecule has 1 atom stereocenters. The molecule has 1 aromatic heterocycles. The fourth-order valence-corrected chi connectivity index (χ4v) is 2.75. The molecule has 3 nitrogen and oxygen atoms in total. The predicted molar refractivity (Wildman–Crippen MR) is 61.9 cm³/mol. The minimum atomic E-state index is -0.0678. The Hall–Kier alpha value is -0.450. The van der Waals surface area contributed by atoms with Gasteiger partial charge in [-0.05, 0) is 32.6 Å². The molecular formula is C11H18N2OS. The average molecular weight is 226 g/mol. The summed E-state index contributed by atoms with van der Waals surface area (Å²) in [5.74, 6) is 0. The number of thiazole rings is 1. The first kappa shape index (κ1) is 11.0. The summed E-state index contributed by atoms with van der Waals surface area (Å²) in [6.45, 7) is 2.18. The Labute approximate surface area is 94.5 Å². The fraction of sp³-hybridized carbons (Fsp3) is 0.727. The van der Waals surface area contributed by atoms with Crippen LogP contribution in [0, 0.1) is 0 Å². The molecule has 1 aromatic rings. The van der Waals surface area contributed by atoms with Crippen LogP contribution < -0.4 is 5.32 Å². The maximum absolute atomic E-state index is 9.41. The molecule has 0 bridgehead atoms. The highest BCUT2D eigenvalue weighted by Gasteiger charge is 2.21. The molecule has 1 aliphatic rings. The number of aliphatic hydroxyl groups excluding tert-OH is 1. The first-order valence-electron chi connectivity index (χ1n) is 5.58. The molecule has 2 N–H and O–H groups in total. The van der Waals surface area contributed by atoms with Gasteiger partial charge in [0, 0.05) is 23.2 Å². The smallest absolute Gasteiger partial charge is 0.0794 e. The summed E-state index contributed by atoms with van der Waals surface area (Å²) in [6.07, 6.45) is 5.91. The monoisotopic (exact) mass is 226 g/mol. The van der Waals surface area contributed by atoms with E-state index < -0.39 is 0 Å². The molecule has 84 valence electrons. The fourth-order valence-electron chi connectivity index (χ4n) is 2.12. The number of rotatable bonds is 3. The summed E-state index contributed by atoms with van der Waals surface area (Å²) < 4.78 is 0. The third-order valence-electron chi connectivity index (χ3n) is 3.06. The van der Waals surface area contributed by atoms with Crippen molar-refractivity contribution >= 4 is 11.3 Å². The van der Waals surface area contributed by atoms with Crippen LogP contribution in [0.25, 0.3) is 0 Å². The van der Waals surface area contributed by atoms with Gasteiger partial charge in [0.2, 0.25) is 0 Å². The SMILES string of the molecule is CC(NC1CCC(O)CC1)c1cncs1. The Bertz CT molecular complexity index is 281. The van der Waals surface area contributed by atoms with Gasteiger partial charge in [-0.15, -0.1) is 11.3 Å². The maximum atomic E-state index is 9.41. The molecule has 0 radical (unpaired) electrons. The Kier molecular flexibility index (Phi) is 3.72. The van der Waals surface area contributed by atoms with Gasteiger partial charge in [0.05, 0.1) is 11.6 Å². The molecular weight excluding hydrogens is 208 g/mol. The lowest BCUT2D eigenvalue weighted by molar-refractivity contribution is 0.114. The first-order valence-corrected chi connectivity index (χ1v) is 6.46. The average Bonchev–Trinajstić information content (AvgIpc) is 2.74. The number of nitrogens with one attached hydrogen (secondary N) is 1. The third-order valence-corrected chi connectivity index (χ3v) is 4.02. The van der Waals surface area contributed by atoms with Crippen LogP contribution in [-0.2, 0) is 0 Å². The minimum absolute atomic E-state index is 0.0678. The molecule has 1 aliphatic carbocycles. The minimum Gasteiger partial charge on any atom is -0.393 e. The lowest BCUT2D eigenvalue weighted by Crippen LogP contribution is -2.35. The van der Waals surface area contributed by atoms with Crippen LogP contribution in [0.4, 0.5) is 0 Å². The van der Waals surface area contributed by atoms with Crippen LogP contribution >= 0.6 is 11.3 Å². The number of hydrogen-bond donors (Lipinski definition) is 2. The van der Waals surface area contributed by atoms with E-state index in [0.29, 0.717) is 12.1 Å². The number of hydrogen-bond acceptors (Lipinski definition) is 4. The second-order valence-electron chi connectivity index (χ2n) is 4.30. The molecule has 0 amide bonds. The molecule has 4 heteroatoms. The maximum Gasteiger partial charge on any atom is 0.0794 e. The van der Waals surface area contributed by atoms with Gasteiger partial charge in [0.1, 0.15) is 0 Å². The second kappa shape index (κ2) is 5.05. The summed E-state index contributed by atoms with van der Waals surface area (Å²) in [7, 11) is 0. The van der Waals surface area contributed by atoms with Crippen LogP contribution in [0.15, 0.2) is 11.7 Å². The summed E-state index contributed by atoms with van der Waals surface area (Å²) in [5.41, 5.74) is 1.87. The van der Waals surface area contributed by atoms with Gasteiger partial charge in [-0.25, -0.2) is 0 Å². The van der Waals surface area contributed by atoms with Crippen molar-refractivity contribution in [1.29, 1.82) is 0 Å². The first-order chi connectivity index (χ1) is 7.25. The lowest BCUT2D eigenvalue weighted by Gasteiger charge is -2.28. The molecule has 0 saturated heterocycles. The van der Waals surface area contributed by atoms with Crippen molar-refractivity contribution in [3.8, 4) is 0 Å². The molecule has 2 rings (SSSR count). The van der Waals surface area contributed by atoms with E-state index in [4.69, 9.17) is 0 Å². The summed E-state index contributed by atoms with van der Waals surface area (Å²) in [4.78, 5) is 5.38. The molecule has 0 aromatic carbocycles. The number of aliphatic hydroxyl groups is 1. The summed E-state index contributed by atoms with van der Waals surface area (Å²) in [5, 5.41) is 13.0. The standard InChI is InChI=1S/C11H18N2OS/c1-8(11-6-12-7-15-11)13-9-2-4-10(14)5-3-9/h6-10,13-14H,2-5H2,1H3. The molecule has 0 aliphatic heterocycles. The third kappa shape index (κ3) is 3.00. The zero-order chi connectivity index (χ0) is 10.7. The molecule has 15 heavy (non-hydrogen) atoms. The van der Waals surface area contributed by atoms with Crippen molar-refractivity contribution in [2.45, 2.75) is 50.8 Å². The van der Waals surface area contributed by atoms with E-state index >= 15 is 0 Å². The quantitative estimate of drug-likeness (QED) is 0.829. The van der Waals surface area contributed by atoms with Gasteiger partial charge in [-0.2, -0.15) is 0 Å². The lowest BCUT2D eigenvalue weighted by atomic mass is 9.92. The zero-order valence-electron chi connectivity index (χ0n) is 9.02. The van der Waals surface area contributed by atoms with E-state index in [0.717, 1.165) is 25.7 Å². The van der Waals surface area contributed by atoms with E-state index in [-0.39, 0.29) is 6.10 Å². The Balaban J connectivity index is 1.82. The van der Waals surface area contributed by atoms with Crippen molar-refractivity contribution < 1.29 is 5.11 Å². The molecule has 1 unspecified atom stereocenters. The second-order valence-corrected chi connectivity index (χ2v) is 5.22. The highest BCUT2D eigenvalue weighted by Crippen LogP contribution is 2.23. The van der Waals surface area contributed by atoms with E-state index in [1.54, 1.807) is 11.3 Å². The van der Waals surface area contributed by atoms with Crippen molar-refractivity contribution in [3.05, 3.63) is 16.6 Å². The van der Waals surface area contributed by atoms with E-state index in [9.17, 15) is 5.11 Å². The molecule has 1 saturated carbocycles. The largest absolute Gasteiger partial charge is 0.393 e. The van der Waals surface area contributed by atoms with Crippen molar-refractivity contribution in [2.75, 3.05) is 0 Å². The Morgan fingerprint density at radius 3 is 2.80 bits per heavy atom. The van der Waals surface area contributed by atoms with E-state index in [1.807, 2.05) is 11.7 Å². The van der Waals surface area contributed by atoms with Crippen LogP contribution in [0.3, 0.4) is 0 Å². The van der Waals surface area contributed by atoms with Gasteiger partial charge < -0.3 is 10.4 Å². The van der Waals surface area contributed by atoms with Crippen LogP contribution in [0.5, 0.6) is 0 Å². The van der Waals surface area contributed by atoms with E-state index in [1.165, 1.54) is 4.88 Å². The van der Waals surface area contributed by atoms with Gasteiger partial charge in [-0.1, -0.05) is 0 Å². The van der Waals surface area contributed by atoms with Crippen molar-refractivity contribution in [1.82, 2.24) is 10.3 Å². The van der Waals surface area contributed by atoms with Crippen LogP contribution in [0.2, 0.25) is 0 Å².